The van der Waals surface area contributed by atoms with E-state index in [0.717, 1.165) is 11.8 Å². The molecule has 5 nitrogen and oxygen atoms in total. The van der Waals surface area contributed by atoms with Gasteiger partial charge in [0.1, 0.15) is 5.25 Å². The number of halogens is 2. The van der Waals surface area contributed by atoms with Crippen LogP contribution < -0.4 is 0 Å². The first-order chi connectivity index (χ1) is 9.31. The molecule has 0 saturated heterocycles. The van der Waals surface area contributed by atoms with Crippen molar-refractivity contribution in [2.24, 2.45) is 0 Å². The van der Waals surface area contributed by atoms with E-state index in [1.54, 1.807) is 0 Å². The number of carbonyl (C=O) groups excluding carboxylic acids is 1. The zero-order valence-corrected chi connectivity index (χ0v) is 12.3. The molecule has 0 amide bonds. The average molecular weight is 337 g/mol. The molecular weight excluding hydrogens is 327 g/mol. The van der Waals surface area contributed by atoms with E-state index >= 15 is 0 Å². The second-order valence-electron chi connectivity index (χ2n) is 3.78. The number of ketones is 1. The molecule has 1 rings (SSSR count). The van der Waals surface area contributed by atoms with Crippen LogP contribution in [0.1, 0.15) is 16.8 Å². The smallest absolute Gasteiger partial charge is 0.317 e. The monoisotopic (exact) mass is 336 g/mol. The Hall–Kier alpha value is -1.24. The molecule has 0 aliphatic heterocycles. The lowest BCUT2D eigenvalue weighted by atomic mass is 10.1. The van der Waals surface area contributed by atoms with Gasteiger partial charge in [0.2, 0.25) is 0 Å². The SMILES string of the molecule is O=C(O)C[C@@H](SCC(=O)c1ccc(Cl)cc1Cl)C(=O)O. The van der Waals surface area contributed by atoms with Gasteiger partial charge in [-0.25, -0.2) is 0 Å². The van der Waals surface area contributed by atoms with Crippen molar-refractivity contribution in [2.75, 3.05) is 5.75 Å². The summed E-state index contributed by atoms with van der Waals surface area (Å²) in [5.41, 5.74) is 0.225. The Kier molecular flexibility index (Phi) is 6.32. The molecule has 20 heavy (non-hydrogen) atoms. The fraction of sp³-hybridized carbons (Fsp3) is 0.250. The highest BCUT2D eigenvalue weighted by atomic mass is 35.5. The van der Waals surface area contributed by atoms with Crippen LogP contribution in [0, 0.1) is 0 Å². The zero-order valence-electron chi connectivity index (χ0n) is 10.0. The lowest BCUT2D eigenvalue weighted by Gasteiger charge is -2.09. The molecule has 0 fully saturated rings. The highest BCUT2D eigenvalue weighted by Crippen LogP contribution is 2.24. The number of carboxylic acid groups (broad SMARTS) is 2. The van der Waals surface area contributed by atoms with Crippen LogP contribution in [0.4, 0.5) is 0 Å². The van der Waals surface area contributed by atoms with Crippen molar-refractivity contribution < 1.29 is 24.6 Å². The summed E-state index contributed by atoms with van der Waals surface area (Å²) in [5, 5.41) is 16.8. The number of thioether (sulfide) groups is 1. The van der Waals surface area contributed by atoms with Crippen LogP contribution in [0.5, 0.6) is 0 Å². The third-order valence-corrected chi connectivity index (χ3v) is 4.03. The van der Waals surface area contributed by atoms with Gasteiger partial charge < -0.3 is 10.2 Å². The maximum atomic E-state index is 11.9. The van der Waals surface area contributed by atoms with Crippen LogP contribution in [0.3, 0.4) is 0 Å². The second-order valence-corrected chi connectivity index (χ2v) is 5.82. The quantitative estimate of drug-likeness (QED) is 0.744. The van der Waals surface area contributed by atoms with E-state index in [0.29, 0.717) is 5.02 Å². The molecule has 8 heteroatoms. The Labute approximate surface area is 128 Å². The summed E-state index contributed by atoms with van der Waals surface area (Å²) in [5.74, 6) is -3.06. The lowest BCUT2D eigenvalue weighted by molar-refractivity contribution is -0.142. The van der Waals surface area contributed by atoms with Crippen LogP contribution in [-0.4, -0.2) is 38.9 Å². The van der Waals surface area contributed by atoms with Crippen molar-refractivity contribution in [3.63, 3.8) is 0 Å². The van der Waals surface area contributed by atoms with Crippen LogP contribution in [-0.2, 0) is 9.59 Å². The summed E-state index contributed by atoms with van der Waals surface area (Å²) in [6.45, 7) is 0. The molecule has 0 bridgehead atoms. The molecule has 1 atom stereocenters. The largest absolute Gasteiger partial charge is 0.481 e. The Morgan fingerprint density at radius 2 is 1.85 bits per heavy atom. The maximum absolute atomic E-state index is 11.9. The van der Waals surface area contributed by atoms with Crippen LogP contribution in [0.15, 0.2) is 18.2 Å². The lowest BCUT2D eigenvalue weighted by Crippen LogP contribution is -2.22. The summed E-state index contributed by atoms with van der Waals surface area (Å²) in [4.78, 5) is 33.3. The first-order valence-corrected chi connectivity index (χ1v) is 7.16. The number of hydrogen-bond donors (Lipinski definition) is 2. The first-order valence-electron chi connectivity index (χ1n) is 5.35. The number of rotatable bonds is 7. The molecule has 2 N–H and O–H groups in total. The summed E-state index contributed by atoms with van der Waals surface area (Å²) in [7, 11) is 0. The highest BCUT2D eigenvalue weighted by Gasteiger charge is 2.23. The van der Waals surface area contributed by atoms with Gasteiger partial charge in [-0.2, -0.15) is 0 Å². The standard InChI is InChI=1S/C12H10Cl2O5S/c13-6-1-2-7(8(14)3-6)9(15)5-20-10(12(18)19)4-11(16)17/h1-3,10H,4-5H2,(H,16,17)(H,18,19)/t10-/m1/s1. The summed E-state index contributed by atoms with van der Waals surface area (Å²) in [6.07, 6.45) is -0.554. The average Bonchev–Trinajstić information content (AvgIpc) is 2.33. The number of hydrogen-bond acceptors (Lipinski definition) is 4. The van der Waals surface area contributed by atoms with E-state index in [-0.39, 0.29) is 22.1 Å². The first kappa shape index (κ1) is 16.8. The van der Waals surface area contributed by atoms with E-state index in [1.807, 2.05) is 0 Å². The van der Waals surface area contributed by atoms with Crippen molar-refractivity contribution in [3.8, 4) is 0 Å². The van der Waals surface area contributed by atoms with Gasteiger partial charge >= 0.3 is 11.9 Å². The number of carboxylic acids is 2. The predicted octanol–water partition coefficient (Wildman–Crippen LogP) is 2.84. The Morgan fingerprint density at radius 3 is 2.35 bits per heavy atom. The van der Waals surface area contributed by atoms with Crippen LogP contribution in [0.2, 0.25) is 10.0 Å². The van der Waals surface area contributed by atoms with Gasteiger partial charge in [-0.15, -0.1) is 11.8 Å². The van der Waals surface area contributed by atoms with Gasteiger partial charge in [-0.05, 0) is 18.2 Å². The minimum absolute atomic E-state index is 0.174. The normalized spacial score (nSPS) is 11.9. The molecule has 0 unspecified atom stereocenters. The number of carbonyl (C=O) groups is 3. The highest BCUT2D eigenvalue weighted by molar-refractivity contribution is 8.01. The van der Waals surface area contributed by atoms with Crippen molar-refractivity contribution in [2.45, 2.75) is 11.7 Å². The molecule has 0 aliphatic carbocycles. The van der Waals surface area contributed by atoms with E-state index in [2.05, 4.69) is 0 Å². The molecule has 1 aromatic rings. The fourth-order valence-electron chi connectivity index (χ4n) is 1.35. The van der Waals surface area contributed by atoms with Gasteiger partial charge in [-0.1, -0.05) is 23.2 Å². The Bertz CT molecular complexity index is 547. The summed E-state index contributed by atoms with van der Waals surface area (Å²) in [6, 6.07) is 4.35. The number of aliphatic carboxylic acids is 2. The number of Topliss-reactive ketones (excluding diaryl/α,β-unsaturated/α-hetero) is 1. The van der Waals surface area contributed by atoms with Crippen LogP contribution >= 0.6 is 35.0 Å². The molecule has 0 spiro atoms. The minimum Gasteiger partial charge on any atom is -0.481 e. The topological polar surface area (TPSA) is 91.7 Å². The third-order valence-electron chi connectivity index (χ3n) is 2.28. The molecule has 0 radical (unpaired) electrons. The number of benzene rings is 1. The molecular formula is C12H10Cl2O5S. The maximum Gasteiger partial charge on any atom is 0.317 e. The molecule has 0 heterocycles. The summed E-state index contributed by atoms with van der Waals surface area (Å²) >= 11 is 12.3. The third kappa shape index (κ3) is 5.03. The van der Waals surface area contributed by atoms with E-state index in [4.69, 9.17) is 33.4 Å². The second kappa shape index (κ2) is 7.52. The fourth-order valence-corrected chi connectivity index (χ4v) is 2.77. The molecule has 0 aliphatic rings. The van der Waals surface area contributed by atoms with Crippen molar-refractivity contribution >= 4 is 52.7 Å². The molecule has 0 aromatic heterocycles. The molecule has 0 saturated carbocycles. The Balaban J connectivity index is 2.70. The van der Waals surface area contributed by atoms with Gasteiger partial charge in [0.05, 0.1) is 17.2 Å². The van der Waals surface area contributed by atoms with Crippen LogP contribution in [0.25, 0.3) is 0 Å². The predicted molar refractivity (Wildman–Crippen MR) is 76.9 cm³/mol. The Morgan fingerprint density at radius 1 is 1.20 bits per heavy atom. The van der Waals surface area contributed by atoms with E-state index in [1.165, 1.54) is 18.2 Å². The van der Waals surface area contributed by atoms with E-state index in [9.17, 15) is 14.4 Å². The molecule has 108 valence electrons. The zero-order chi connectivity index (χ0) is 15.3. The van der Waals surface area contributed by atoms with Gasteiger partial charge in [0.25, 0.3) is 0 Å². The summed E-state index contributed by atoms with van der Waals surface area (Å²) < 4.78 is 0. The molecule has 1 aromatic carbocycles. The van der Waals surface area contributed by atoms with Crippen molar-refractivity contribution in [3.05, 3.63) is 33.8 Å². The van der Waals surface area contributed by atoms with Crippen molar-refractivity contribution in [1.82, 2.24) is 0 Å². The van der Waals surface area contributed by atoms with E-state index < -0.39 is 23.6 Å². The van der Waals surface area contributed by atoms with Gasteiger partial charge in [0, 0.05) is 10.6 Å². The van der Waals surface area contributed by atoms with Crippen molar-refractivity contribution in [1.29, 1.82) is 0 Å². The minimum atomic E-state index is -1.27. The van der Waals surface area contributed by atoms with Gasteiger partial charge in [-0.3, -0.25) is 14.4 Å². The van der Waals surface area contributed by atoms with Gasteiger partial charge in [0.15, 0.2) is 5.78 Å².